The molecule has 0 aliphatic heterocycles. The van der Waals surface area contributed by atoms with Gasteiger partial charge in [0.05, 0.1) is 5.69 Å². The van der Waals surface area contributed by atoms with Crippen molar-refractivity contribution in [3.63, 3.8) is 0 Å². The maximum atomic E-state index is 11.9. The second-order valence-electron chi connectivity index (χ2n) is 3.60. The van der Waals surface area contributed by atoms with Gasteiger partial charge >= 0.3 is 12.2 Å². The summed E-state index contributed by atoms with van der Waals surface area (Å²) in [5, 5.41) is 15.2. The first kappa shape index (κ1) is 16.1. The molecular weight excluding hydrogens is 345 g/mol. The molecule has 0 bridgehead atoms. The Morgan fingerprint density at radius 3 is 2.60 bits per heavy atom. The maximum absolute atomic E-state index is 11.9. The Bertz CT molecular complexity index is 534. The number of rotatable bonds is 3. The number of hydrogen-bond donors (Lipinski definition) is 4. The Balaban J connectivity index is 2.72. The average molecular weight is 355 g/mol. The van der Waals surface area contributed by atoms with E-state index in [1.54, 1.807) is 5.32 Å². The summed E-state index contributed by atoms with van der Waals surface area (Å²) < 4.78 is 36.1. The zero-order valence-electron chi connectivity index (χ0n) is 9.83. The number of nitrogens with two attached hydrogens (primary N) is 1. The molecule has 0 fully saturated rings. The van der Waals surface area contributed by atoms with Crippen molar-refractivity contribution in [2.24, 2.45) is 10.9 Å². The molecule has 110 valence electrons. The predicted octanol–water partition coefficient (Wildman–Crippen LogP) is 2.23. The van der Waals surface area contributed by atoms with E-state index in [2.05, 4.69) is 26.4 Å². The van der Waals surface area contributed by atoms with Gasteiger partial charge in [-0.05, 0) is 34.1 Å². The molecule has 1 rings (SSSR count). The predicted molar refractivity (Wildman–Crippen MR) is 69.7 cm³/mol. The van der Waals surface area contributed by atoms with Crippen LogP contribution in [0.2, 0.25) is 0 Å². The highest BCUT2D eigenvalue weighted by Crippen LogP contribution is 2.23. The second kappa shape index (κ2) is 6.46. The summed E-state index contributed by atoms with van der Waals surface area (Å²) in [5.41, 5.74) is 5.98. The van der Waals surface area contributed by atoms with E-state index < -0.39 is 18.8 Å². The number of carbonyl (C=O) groups excluding carboxylic acids is 1. The number of alkyl halides is 3. The molecule has 0 aromatic heterocycles. The number of hydrogen-bond acceptors (Lipinski definition) is 3. The highest BCUT2D eigenvalue weighted by molar-refractivity contribution is 9.10. The largest absolute Gasteiger partial charge is 0.409 e. The number of benzene rings is 1. The van der Waals surface area contributed by atoms with Crippen LogP contribution in [-0.2, 0) is 0 Å². The van der Waals surface area contributed by atoms with Crippen LogP contribution in [0.1, 0.15) is 5.56 Å². The van der Waals surface area contributed by atoms with Gasteiger partial charge in [0, 0.05) is 10.0 Å². The SMILES string of the molecule is N/C(=N/O)c1ccc(NC(=O)NCC(F)(F)F)c(Br)c1. The van der Waals surface area contributed by atoms with Crippen molar-refractivity contribution in [1.82, 2.24) is 5.32 Å². The Morgan fingerprint density at radius 2 is 2.10 bits per heavy atom. The molecule has 1 aromatic rings. The van der Waals surface area contributed by atoms with E-state index in [1.807, 2.05) is 0 Å². The van der Waals surface area contributed by atoms with Gasteiger partial charge in [-0.15, -0.1) is 0 Å². The van der Waals surface area contributed by atoms with E-state index in [0.29, 0.717) is 10.0 Å². The van der Waals surface area contributed by atoms with Gasteiger partial charge in [0.1, 0.15) is 6.54 Å². The first-order valence-corrected chi connectivity index (χ1v) is 5.91. The molecule has 0 atom stereocenters. The Labute approximate surface area is 120 Å². The zero-order chi connectivity index (χ0) is 15.3. The van der Waals surface area contributed by atoms with Crippen LogP contribution in [0.15, 0.2) is 27.8 Å². The summed E-state index contributed by atoms with van der Waals surface area (Å²) in [7, 11) is 0. The molecule has 0 radical (unpaired) electrons. The molecule has 0 unspecified atom stereocenters. The van der Waals surface area contributed by atoms with Crippen LogP contribution in [-0.4, -0.2) is 29.8 Å². The van der Waals surface area contributed by atoms with Crippen molar-refractivity contribution in [1.29, 1.82) is 0 Å². The van der Waals surface area contributed by atoms with E-state index in [1.165, 1.54) is 18.2 Å². The van der Waals surface area contributed by atoms with E-state index in [4.69, 9.17) is 10.9 Å². The molecule has 0 aliphatic rings. The minimum Gasteiger partial charge on any atom is -0.409 e. The van der Waals surface area contributed by atoms with Crippen LogP contribution in [0, 0.1) is 0 Å². The summed E-state index contributed by atoms with van der Waals surface area (Å²) in [6, 6.07) is 3.26. The Morgan fingerprint density at radius 1 is 1.45 bits per heavy atom. The molecule has 0 heterocycles. The third-order valence-electron chi connectivity index (χ3n) is 2.07. The van der Waals surface area contributed by atoms with Crippen LogP contribution in [0.3, 0.4) is 0 Å². The topological polar surface area (TPSA) is 99.7 Å². The Kier molecular flexibility index (Phi) is 5.19. The number of carbonyl (C=O) groups is 1. The molecule has 6 nitrogen and oxygen atoms in total. The van der Waals surface area contributed by atoms with Gasteiger partial charge in [0.25, 0.3) is 0 Å². The monoisotopic (exact) mass is 354 g/mol. The number of anilines is 1. The molecule has 20 heavy (non-hydrogen) atoms. The fourth-order valence-electron chi connectivity index (χ4n) is 1.18. The van der Waals surface area contributed by atoms with Crippen LogP contribution >= 0.6 is 15.9 Å². The number of urea groups is 1. The van der Waals surface area contributed by atoms with Crippen LogP contribution in [0.5, 0.6) is 0 Å². The molecule has 10 heteroatoms. The molecule has 1 aromatic carbocycles. The lowest BCUT2D eigenvalue weighted by molar-refractivity contribution is -0.122. The number of halogens is 4. The number of nitrogens with one attached hydrogen (secondary N) is 2. The molecular formula is C10H10BrF3N4O2. The molecule has 0 aliphatic carbocycles. The highest BCUT2D eigenvalue weighted by Gasteiger charge is 2.27. The van der Waals surface area contributed by atoms with Crippen LogP contribution in [0.4, 0.5) is 23.7 Å². The minimum atomic E-state index is -4.48. The summed E-state index contributed by atoms with van der Waals surface area (Å²) in [6.07, 6.45) is -4.48. The summed E-state index contributed by atoms with van der Waals surface area (Å²) in [6.45, 7) is -1.43. The summed E-state index contributed by atoms with van der Waals surface area (Å²) in [5.74, 6) is -0.140. The third-order valence-corrected chi connectivity index (χ3v) is 2.73. The van der Waals surface area contributed by atoms with E-state index in [9.17, 15) is 18.0 Å². The lowest BCUT2D eigenvalue weighted by Gasteiger charge is -2.11. The van der Waals surface area contributed by atoms with Crippen molar-refractivity contribution in [2.45, 2.75) is 6.18 Å². The highest BCUT2D eigenvalue weighted by atomic mass is 79.9. The fourth-order valence-corrected chi connectivity index (χ4v) is 1.66. The van der Waals surface area contributed by atoms with Gasteiger partial charge < -0.3 is 21.6 Å². The minimum absolute atomic E-state index is 0.140. The number of nitrogens with zero attached hydrogens (tertiary/aromatic N) is 1. The van der Waals surface area contributed by atoms with Crippen molar-refractivity contribution in [3.8, 4) is 0 Å². The number of amides is 2. The van der Waals surface area contributed by atoms with E-state index >= 15 is 0 Å². The fraction of sp³-hybridized carbons (Fsp3) is 0.200. The first-order chi connectivity index (χ1) is 9.23. The zero-order valence-corrected chi connectivity index (χ0v) is 11.4. The van der Waals surface area contributed by atoms with Crippen molar-refractivity contribution in [3.05, 3.63) is 28.2 Å². The molecule has 5 N–H and O–H groups in total. The molecule has 0 spiro atoms. The normalized spacial score (nSPS) is 12.1. The number of oxime groups is 1. The summed E-state index contributed by atoms with van der Waals surface area (Å²) >= 11 is 3.11. The van der Waals surface area contributed by atoms with Gasteiger partial charge in [-0.25, -0.2) is 4.79 Å². The maximum Gasteiger partial charge on any atom is 0.405 e. The standard InChI is InChI=1S/C10H10BrF3N4O2/c11-6-3-5(8(15)18-20)1-2-7(6)17-9(19)16-4-10(12,13)14/h1-3,20H,4H2,(H2,15,18)(H2,16,17,19). The Hall–Kier alpha value is -1.97. The van der Waals surface area contributed by atoms with Crippen LogP contribution in [0.25, 0.3) is 0 Å². The molecule has 0 saturated carbocycles. The molecule has 0 saturated heterocycles. The lowest BCUT2D eigenvalue weighted by Crippen LogP contribution is -2.36. The third kappa shape index (κ3) is 4.96. The summed E-state index contributed by atoms with van der Waals surface area (Å²) in [4.78, 5) is 11.3. The molecule has 2 amide bonds. The first-order valence-electron chi connectivity index (χ1n) is 5.12. The van der Waals surface area contributed by atoms with Crippen molar-refractivity contribution >= 4 is 33.5 Å². The van der Waals surface area contributed by atoms with Gasteiger partial charge in [-0.1, -0.05) is 5.16 Å². The van der Waals surface area contributed by atoms with Gasteiger partial charge in [0.2, 0.25) is 0 Å². The van der Waals surface area contributed by atoms with E-state index in [-0.39, 0.29) is 11.5 Å². The van der Waals surface area contributed by atoms with E-state index in [0.717, 1.165) is 0 Å². The van der Waals surface area contributed by atoms with Crippen LogP contribution < -0.4 is 16.4 Å². The lowest BCUT2D eigenvalue weighted by atomic mass is 10.2. The van der Waals surface area contributed by atoms with Gasteiger partial charge in [0.15, 0.2) is 5.84 Å². The average Bonchev–Trinajstić information content (AvgIpc) is 2.37. The smallest absolute Gasteiger partial charge is 0.405 e. The van der Waals surface area contributed by atoms with Gasteiger partial charge in [-0.3, -0.25) is 0 Å². The van der Waals surface area contributed by atoms with Gasteiger partial charge in [-0.2, -0.15) is 13.2 Å². The number of amidine groups is 1. The second-order valence-corrected chi connectivity index (χ2v) is 4.46. The van der Waals surface area contributed by atoms with Crippen molar-refractivity contribution < 1.29 is 23.2 Å². The van der Waals surface area contributed by atoms with Crippen molar-refractivity contribution in [2.75, 3.05) is 11.9 Å². The quantitative estimate of drug-likeness (QED) is 0.290.